The van der Waals surface area contributed by atoms with Gasteiger partial charge in [0.25, 0.3) is 0 Å². The highest BCUT2D eigenvalue weighted by Crippen LogP contribution is 2.19. The fourth-order valence-corrected chi connectivity index (χ4v) is 2.53. The SMILES string of the molecule is COc1ccc(OC(=O)c2ccc(/C=C/c3cccc(C(N)=O)c3)cc2)cc1. The molecule has 3 aromatic carbocycles. The fraction of sp³-hybridized carbons (Fsp3) is 0.0435. The van der Waals surface area contributed by atoms with Crippen molar-refractivity contribution in [2.75, 3.05) is 7.11 Å². The van der Waals surface area contributed by atoms with E-state index in [-0.39, 0.29) is 0 Å². The summed E-state index contributed by atoms with van der Waals surface area (Å²) in [5.41, 5.74) is 7.96. The smallest absolute Gasteiger partial charge is 0.343 e. The largest absolute Gasteiger partial charge is 0.497 e. The summed E-state index contributed by atoms with van der Waals surface area (Å²) < 4.78 is 10.4. The van der Waals surface area contributed by atoms with E-state index in [1.54, 1.807) is 61.7 Å². The van der Waals surface area contributed by atoms with Gasteiger partial charge in [-0.15, -0.1) is 0 Å². The number of hydrogen-bond donors (Lipinski definition) is 1. The normalized spacial score (nSPS) is 10.6. The van der Waals surface area contributed by atoms with Crippen LogP contribution in [0.25, 0.3) is 12.2 Å². The number of hydrogen-bond acceptors (Lipinski definition) is 4. The van der Waals surface area contributed by atoms with Crippen molar-refractivity contribution < 1.29 is 19.1 Å². The van der Waals surface area contributed by atoms with Gasteiger partial charge >= 0.3 is 5.97 Å². The zero-order valence-corrected chi connectivity index (χ0v) is 15.3. The summed E-state index contributed by atoms with van der Waals surface area (Å²) >= 11 is 0. The Hall–Kier alpha value is -3.86. The maximum absolute atomic E-state index is 12.2. The molecule has 0 fully saturated rings. The first kappa shape index (κ1) is 18.9. The number of methoxy groups -OCH3 is 1. The summed E-state index contributed by atoms with van der Waals surface area (Å²) in [5, 5.41) is 0. The van der Waals surface area contributed by atoms with Gasteiger partial charge in [-0.2, -0.15) is 0 Å². The van der Waals surface area contributed by atoms with E-state index in [0.717, 1.165) is 11.1 Å². The molecule has 0 unspecified atom stereocenters. The maximum atomic E-state index is 12.2. The molecule has 0 aliphatic heterocycles. The first-order valence-electron chi connectivity index (χ1n) is 8.59. The highest BCUT2D eigenvalue weighted by atomic mass is 16.5. The Morgan fingerprint density at radius 1 is 0.786 bits per heavy atom. The molecule has 0 aromatic heterocycles. The Labute approximate surface area is 163 Å². The molecular weight excluding hydrogens is 354 g/mol. The van der Waals surface area contributed by atoms with Gasteiger partial charge in [-0.3, -0.25) is 4.79 Å². The van der Waals surface area contributed by atoms with Crippen LogP contribution in [0.1, 0.15) is 31.8 Å². The summed E-state index contributed by atoms with van der Waals surface area (Å²) in [7, 11) is 1.57. The van der Waals surface area contributed by atoms with Crippen molar-refractivity contribution in [2.24, 2.45) is 5.73 Å². The second-order valence-electron chi connectivity index (χ2n) is 6.01. The Balaban J connectivity index is 1.66. The number of primary amides is 1. The molecule has 3 rings (SSSR count). The Morgan fingerprint density at radius 2 is 1.43 bits per heavy atom. The van der Waals surface area contributed by atoms with Gasteiger partial charge < -0.3 is 15.2 Å². The van der Waals surface area contributed by atoms with Crippen molar-refractivity contribution in [1.82, 2.24) is 0 Å². The molecular formula is C23H19NO4. The van der Waals surface area contributed by atoms with E-state index in [9.17, 15) is 9.59 Å². The zero-order chi connectivity index (χ0) is 19.9. The van der Waals surface area contributed by atoms with Crippen molar-refractivity contribution in [3.8, 4) is 11.5 Å². The van der Waals surface area contributed by atoms with Gasteiger partial charge in [-0.25, -0.2) is 4.79 Å². The summed E-state index contributed by atoms with van der Waals surface area (Å²) in [6.07, 6.45) is 3.76. The average Bonchev–Trinajstić information content (AvgIpc) is 2.73. The minimum atomic E-state index is -0.463. The predicted octanol–water partition coefficient (Wildman–Crippen LogP) is 4.18. The molecule has 0 aliphatic carbocycles. The number of amides is 1. The molecule has 2 N–H and O–H groups in total. The monoisotopic (exact) mass is 373 g/mol. The highest BCUT2D eigenvalue weighted by Gasteiger charge is 2.08. The average molecular weight is 373 g/mol. The number of benzene rings is 3. The van der Waals surface area contributed by atoms with E-state index in [1.165, 1.54) is 0 Å². The lowest BCUT2D eigenvalue weighted by Crippen LogP contribution is -2.10. The van der Waals surface area contributed by atoms with Gasteiger partial charge in [0.05, 0.1) is 12.7 Å². The van der Waals surface area contributed by atoms with E-state index in [4.69, 9.17) is 15.2 Å². The summed E-state index contributed by atoms with van der Waals surface area (Å²) in [4.78, 5) is 23.5. The second-order valence-corrected chi connectivity index (χ2v) is 6.01. The topological polar surface area (TPSA) is 78.6 Å². The van der Waals surface area contributed by atoms with E-state index in [0.29, 0.717) is 22.6 Å². The van der Waals surface area contributed by atoms with Crippen LogP contribution in [-0.4, -0.2) is 19.0 Å². The fourth-order valence-electron chi connectivity index (χ4n) is 2.53. The van der Waals surface area contributed by atoms with Crippen molar-refractivity contribution in [2.45, 2.75) is 0 Å². The van der Waals surface area contributed by atoms with E-state index < -0.39 is 11.9 Å². The van der Waals surface area contributed by atoms with Crippen LogP contribution >= 0.6 is 0 Å². The Kier molecular flexibility index (Phi) is 5.87. The van der Waals surface area contributed by atoms with Gasteiger partial charge in [-0.05, 0) is 59.7 Å². The number of carbonyl (C=O) groups is 2. The zero-order valence-electron chi connectivity index (χ0n) is 15.3. The van der Waals surface area contributed by atoms with Crippen LogP contribution < -0.4 is 15.2 Å². The van der Waals surface area contributed by atoms with Gasteiger partial charge in [-0.1, -0.05) is 36.4 Å². The Morgan fingerprint density at radius 3 is 2.07 bits per heavy atom. The van der Waals surface area contributed by atoms with Gasteiger partial charge in [0, 0.05) is 5.56 Å². The standard InChI is InChI=1S/C23H19NO4/c1-27-20-11-13-21(14-12-20)28-23(26)18-9-7-16(8-10-18)5-6-17-3-2-4-19(15-17)22(24)25/h2-15H,1H3,(H2,24,25)/b6-5+. The summed E-state index contributed by atoms with van der Waals surface area (Å²) in [5.74, 6) is 0.242. The third-order valence-corrected chi connectivity index (χ3v) is 4.06. The lowest BCUT2D eigenvalue weighted by atomic mass is 10.1. The number of ether oxygens (including phenoxy) is 2. The molecule has 0 saturated heterocycles. The first-order chi connectivity index (χ1) is 13.5. The van der Waals surface area contributed by atoms with Crippen molar-refractivity contribution >= 4 is 24.0 Å². The van der Waals surface area contributed by atoms with Crippen LogP contribution in [-0.2, 0) is 0 Å². The maximum Gasteiger partial charge on any atom is 0.343 e. The van der Waals surface area contributed by atoms with Crippen LogP contribution in [0, 0.1) is 0 Å². The van der Waals surface area contributed by atoms with E-state index in [1.807, 2.05) is 30.4 Å². The molecule has 1 amide bonds. The second kappa shape index (κ2) is 8.68. The van der Waals surface area contributed by atoms with Gasteiger partial charge in [0.1, 0.15) is 11.5 Å². The number of carbonyl (C=O) groups excluding carboxylic acids is 2. The predicted molar refractivity (Wildman–Crippen MR) is 108 cm³/mol. The molecule has 5 nitrogen and oxygen atoms in total. The molecule has 0 saturated carbocycles. The highest BCUT2D eigenvalue weighted by molar-refractivity contribution is 5.93. The van der Waals surface area contributed by atoms with Crippen molar-refractivity contribution in [3.63, 3.8) is 0 Å². The van der Waals surface area contributed by atoms with Crippen molar-refractivity contribution in [1.29, 1.82) is 0 Å². The third-order valence-electron chi connectivity index (χ3n) is 4.06. The number of esters is 1. The quantitative estimate of drug-likeness (QED) is 0.399. The van der Waals surface area contributed by atoms with Crippen LogP contribution in [0.4, 0.5) is 0 Å². The molecule has 0 spiro atoms. The van der Waals surface area contributed by atoms with Gasteiger partial charge in [0.15, 0.2) is 0 Å². The molecule has 0 heterocycles. The minimum Gasteiger partial charge on any atom is -0.497 e. The first-order valence-corrected chi connectivity index (χ1v) is 8.59. The third kappa shape index (κ3) is 4.86. The minimum absolute atomic E-state index is 0.435. The number of nitrogens with two attached hydrogens (primary N) is 1. The van der Waals surface area contributed by atoms with Crippen LogP contribution in [0.15, 0.2) is 72.8 Å². The van der Waals surface area contributed by atoms with Crippen LogP contribution in [0.2, 0.25) is 0 Å². The van der Waals surface area contributed by atoms with Gasteiger partial charge in [0.2, 0.25) is 5.91 Å². The molecule has 140 valence electrons. The molecule has 0 atom stereocenters. The molecule has 0 aliphatic rings. The lowest BCUT2D eigenvalue weighted by molar-refractivity contribution is 0.0734. The van der Waals surface area contributed by atoms with Crippen LogP contribution in [0.3, 0.4) is 0 Å². The summed E-state index contributed by atoms with van der Waals surface area (Å²) in [6.45, 7) is 0. The van der Waals surface area contributed by atoms with Crippen LogP contribution in [0.5, 0.6) is 11.5 Å². The molecule has 5 heteroatoms. The molecule has 0 bridgehead atoms. The van der Waals surface area contributed by atoms with E-state index in [2.05, 4.69) is 0 Å². The van der Waals surface area contributed by atoms with E-state index >= 15 is 0 Å². The van der Waals surface area contributed by atoms with Crippen molar-refractivity contribution in [3.05, 3.63) is 95.1 Å². The molecule has 28 heavy (non-hydrogen) atoms. The summed E-state index contributed by atoms with van der Waals surface area (Å²) in [6, 6.07) is 20.9. The number of rotatable bonds is 6. The lowest BCUT2D eigenvalue weighted by Gasteiger charge is -2.05. The molecule has 0 radical (unpaired) electrons. The molecule has 3 aromatic rings. The Bertz CT molecular complexity index is 1010.